The Bertz CT molecular complexity index is 417. The molecule has 0 bridgehead atoms. The fourth-order valence-corrected chi connectivity index (χ4v) is 2.49. The average molecular weight is 276 g/mol. The standard InChI is InChI=1S/C16H28N4/c1-5-19-9-11-20(12-10-19)15-14(7-6-8-17-15)13-18-16(2,3)4/h6-8,18H,5,9-13H2,1-4H3. The Balaban J connectivity index is 2.04. The summed E-state index contributed by atoms with van der Waals surface area (Å²) in [5.41, 5.74) is 1.43. The number of likely N-dealkylation sites (N-methyl/N-ethyl adjacent to an activating group) is 1. The van der Waals surface area contributed by atoms with Gasteiger partial charge in [-0.3, -0.25) is 0 Å². The van der Waals surface area contributed by atoms with Gasteiger partial charge in [0, 0.05) is 50.0 Å². The molecule has 0 atom stereocenters. The van der Waals surface area contributed by atoms with Crippen molar-refractivity contribution in [2.24, 2.45) is 0 Å². The van der Waals surface area contributed by atoms with Gasteiger partial charge in [0.1, 0.15) is 5.82 Å². The topological polar surface area (TPSA) is 31.4 Å². The Morgan fingerprint density at radius 1 is 1.20 bits per heavy atom. The van der Waals surface area contributed by atoms with Gasteiger partial charge in [0.05, 0.1) is 0 Å². The molecule has 0 unspecified atom stereocenters. The zero-order valence-electron chi connectivity index (χ0n) is 13.3. The molecule has 0 aliphatic carbocycles. The first-order chi connectivity index (χ1) is 9.49. The summed E-state index contributed by atoms with van der Waals surface area (Å²) in [5.74, 6) is 1.15. The van der Waals surface area contributed by atoms with E-state index in [1.54, 1.807) is 0 Å². The van der Waals surface area contributed by atoms with Crippen molar-refractivity contribution in [2.75, 3.05) is 37.6 Å². The van der Waals surface area contributed by atoms with Crippen LogP contribution in [0.5, 0.6) is 0 Å². The first-order valence-electron chi connectivity index (χ1n) is 7.66. The highest BCUT2D eigenvalue weighted by Crippen LogP contribution is 2.19. The number of anilines is 1. The molecule has 1 fully saturated rings. The van der Waals surface area contributed by atoms with Crippen LogP contribution in [0.25, 0.3) is 0 Å². The smallest absolute Gasteiger partial charge is 0.133 e. The molecule has 1 aromatic heterocycles. The second kappa shape index (κ2) is 6.55. The molecule has 1 N–H and O–H groups in total. The third-order valence-electron chi connectivity index (χ3n) is 3.80. The molecule has 2 rings (SSSR count). The molecule has 20 heavy (non-hydrogen) atoms. The average Bonchev–Trinajstić information content (AvgIpc) is 2.45. The van der Waals surface area contributed by atoms with Gasteiger partial charge in [-0.1, -0.05) is 13.0 Å². The fraction of sp³-hybridized carbons (Fsp3) is 0.688. The maximum absolute atomic E-state index is 4.62. The van der Waals surface area contributed by atoms with Gasteiger partial charge < -0.3 is 15.1 Å². The van der Waals surface area contributed by atoms with Gasteiger partial charge in [-0.2, -0.15) is 0 Å². The molecule has 4 heteroatoms. The van der Waals surface area contributed by atoms with Gasteiger partial charge in [-0.05, 0) is 33.4 Å². The predicted octanol–water partition coefficient (Wildman–Crippen LogP) is 2.11. The van der Waals surface area contributed by atoms with Crippen molar-refractivity contribution in [3.63, 3.8) is 0 Å². The normalized spacial score (nSPS) is 17.5. The van der Waals surface area contributed by atoms with Crippen molar-refractivity contribution in [3.8, 4) is 0 Å². The van der Waals surface area contributed by atoms with E-state index in [9.17, 15) is 0 Å². The molecular weight excluding hydrogens is 248 g/mol. The number of pyridine rings is 1. The van der Waals surface area contributed by atoms with Crippen LogP contribution in [0, 0.1) is 0 Å². The van der Waals surface area contributed by atoms with Gasteiger partial charge in [0.15, 0.2) is 0 Å². The minimum atomic E-state index is 0.133. The molecule has 4 nitrogen and oxygen atoms in total. The van der Waals surface area contributed by atoms with E-state index in [1.807, 2.05) is 12.3 Å². The third-order valence-corrected chi connectivity index (χ3v) is 3.80. The quantitative estimate of drug-likeness (QED) is 0.913. The lowest BCUT2D eigenvalue weighted by atomic mass is 10.1. The number of hydrogen-bond acceptors (Lipinski definition) is 4. The summed E-state index contributed by atoms with van der Waals surface area (Å²) in [5, 5.41) is 3.56. The lowest BCUT2D eigenvalue weighted by Gasteiger charge is -2.35. The molecule has 112 valence electrons. The summed E-state index contributed by atoms with van der Waals surface area (Å²) in [6.07, 6.45) is 1.90. The molecule has 1 aliphatic heterocycles. The van der Waals surface area contributed by atoms with E-state index in [0.717, 1.165) is 45.1 Å². The van der Waals surface area contributed by atoms with E-state index >= 15 is 0 Å². The largest absolute Gasteiger partial charge is 0.354 e. The first kappa shape index (κ1) is 15.3. The van der Waals surface area contributed by atoms with E-state index in [1.165, 1.54) is 5.56 Å². The van der Waals surface area contributed by atoms with Crippen molar-refractivity contribution in [1.29, 1.82) is 0 Å². The van der Waals surface area contributed by atoms with E-state index in [-0.39, 0.29) is 5.54 Å². The molecule has 0 saturated carbocycles. The van der Waals surface area contributed by atoms with Crippen LogP contribution in [-0.4, -0.2) is 48.1 Å². The number of piperazine rings is 1. The van der Waals surface area contributed by atoms with Crippen molar-refractivity contribution in [2.45, 2.75) is 39.8 Å². The molecule has 1 saturated heterocycles. The Morgan fingerprint density at radius 2 is 1.90 bits per heavy atom. The lowest BCUT2D eigenvalue weighted by Crippen LogP contribution is -2.47. The Morgan fingerprint density at radius 3 is 2.50 bits per heavy atom. The van der Waals surface area contributed by atoms with Gasteiger partial charge in [-0.25, -0.2) is 4.98 Å². The minimum Gasteiger partial charge on any atom is -0.354 e. The zero-order chi connectivity index (χ0) is 14.6. The molecular formula is C16H28N4. The number of hydrogen-bond donors (Lipinski definition) is 1. The molecule has 0 aromatic carbocycles. The number of nitrogens with one attached hydrogen (secondary N) is 1. The fourth-order valence-electron chi connectivity index (χ4n) is 2.49. The van der Waals surface area contributed by atoms with Crippen molar-refractivity contribution >= 4 is 5.82 Å². The highest BCUT2D eigenvalue weighted by atomic mass is 15.3. The van der Waals surface area contributed by atoms with Crippen molar-refractivity contribution < 1.29 is 0 Å². The Kier molecular flexibility index (Phi) is 5.00. The Hall–Kier alpha value is -1.13. The van der Waals surface area contributed by atoms with Crippen molar-refractivity contribution in [3.05, 3.63) is 23.9 Å². The summed E-state index contributed by atoms with van der Waals surface area (Å²) in [6, 6.07) is 4.22. The lowest BCUT2D eigenvalue weighted by molar-refractivity contribution is 0.270. The van der Waals surface area contributed by atoms with E-state index in [4.69, 9.17) is 0 Å². The maximum Gasteiger partial charge on any atom is 0.133 e. The van der Waals surface area contributed by atoms with Gasteiger partial charge >= 0.3 is 0 Å². The monoisotopic (exact) mass is 276 g/mol. The number of aromatic nitrogens is 1. The maximum atomic E-state index is 4.62. The van der Waals surface area contributed by atoms with Crippen LogP contribution in [0.1, 0.15) is 33.3 Å². The molecule has 0 radical (unpaired) electrons. The summed E-state index contributed by atoms with van der Waals surface area (Å²) in [4.78, 5) is 9.54. The number of rotatable bonds is 4. The van der Waals surface area contributed by atoms with Crippen LogP contribution in [-0.2, 0) is 6.54 Å². The zero-order valence-corrected chi connectivity index (χ0v) is 13.3. The first-order valence-corrected chi connectivity index (χ1v) is 7.66. The third kappa shape index (κ3) is 4.18. The van der Waals surface area contributed by atoms with Crippen LogP contribution < -0.4 is 10.2 Å². The van der Waals surface area contributed by atoms with Crippen LogP contribution in [0.2, 0.25) is 0 Å². The highest BCUT2D eigenvalue weighted by Gasteiger charge is 2.19. The van der Waals surface area contributed by atoms with Crippen LogP contribution in [0.3, 0.4) is 0 Å². The van der Waals surface area contributed by atoms with Crippen LogP contribution >= 0.6 is 0 Å². The summed E-state index contributed by atoms with van der Waals surface area (Å²) in [6.45, 7) is 15.3. The Labute approximate surface area is 123 Å². The predicted molar refractivity (Wildman–Crippen MR) is 85.2 cm³/mol. The van der Waals surface area contributed by atoms with Gasteiger partial charge in [0.2, 0.25) is 0 Å². The van der Waals surface area contributed by atoms with E-state index < -0.39 is 0 Å². The van der Waals surface area contributed by atoms with Crippen LogP contribution in [0.4, 0.5) is 5.82 Å². The molecule has 2 heterocycles. The molecule has 0 amide bonds. The second-order valence-electron chi connectivity index (χ2n) is 6.51. The molecule has 0 spiro atoms. The summed E-state index contributed by atoms with van der Waals surface area (Å²) in [7, 11) is 0. The summed E-state index contributed by atoms with van der Waals surface area (Å²) >= 11 is 0. The van der Waals surface area contributed by atoms with Crippen molar-refractivity contribution in [1.82, 2.24) is 15.2 Å². The van der Waals surface area contributed by atoms with E-state index in [0.29, 0.717) is 0 Å². The van der Waals surface area contributed by atoms with E-state index in [2.05, 4.69) is 53.9 Å². The van der Waals surface area contributed by atoms with Gasteiger partial charge in [-0.15, -0.1) is 0 Å². The van der Waals surface area contributed by atoms with Gasteiger partial charge in [0.25, 0.3) is 0 Å². The second-order valence-corrected chi connectivity index (χ2v) is 6.51. The molecule has 1 aromatic rings. The van der Waals surface area contributed by atoms with Crippen LogP contribution in [0.15, 0.2) is 18.3 Å². The SMILES string of the molecule is CCN1CCN(c2ncccc2CNC(C)(C)C)CC1. The highest BCUT2D eigenvalue weighted by molar-refractivity contribution is 5.47. The number of nitrogens with zero attached hydrogens (tertiary/aromatic N) is 3. The summed E-state index contributed by atoms with van der Waals surface area (Å²) < 4.78 is 0. The minimum absolute atomic E-state index is 0.133. The molecule has 1 aliphatic rings.